The molecule has 2 aromatic carbocycles. The van der Waals surface area contributed by atoms with Gasteiger partial charge in [0.1, 0.15) is 4.90 Å². The SMILES string of the molecule is CC(C)CCNS(=O)(=O)c1cc(C(=O)N[C@H]2c3ccccc3C[C@H]2O)c(Cl)cc1Cl. The molecule has 0 unspecified atom stereocenters. The van der Waals surface area contributed by atoms with Crippen LogP contribution in [0, 0.1) is 5.92 Å². The lowest BCUT2D eigenvalue weighted by atomic mass is 10.1. The standard InChI is InChI=1S/C21H24Cl2N2O4S/c1-12(2)7-8-24-30(28,29)19-10-15(16(22)11-17(19)23)21(27)25-20-14-6-4-3-5-13(14)9-18(20)26/h3-6,10-12,18,20,24,26H,7-9H2,1-2H3,(H,25,27)/t18-,20+/m1/s1. The van der Waals surface area contributed by atoms with E-state index in [0.717, 1.165) is 11.1 Å². The molecule has 1 amide bonds. The van der Waals surface area contributed by atoms with E-state index in [4.69, 9.17) is 23.2 Å². The van der Waals surface area contributed by atoms with Crippen LogP contribution >= 0.6 is 23.2 Å². The Balaban J connectivity index is 1.86. The number of fused-ring (bicyclic) bond motifs is 1. The predicted octanol–water partition coefficient (Wildman–Crippen LogP) is 3.71. The third-order valence-corrected chi connectivity index (χ3v) is 7.30. The van der Waals surface area contributed by atoms with Gasteiger partial charge < -0.3 is 10.4 Å². The minimum absolute atomic E-state index is 0.0260. The molecule has 6 nitrogen and oxygen atoms in total. The molecule has 0 aromatic heterocycles. The number of aliphatic hydroxyl groups is 1. The summed E-state index contributed by atoms with van der Waals surface area (Å²) in [6.07, 6.45) is 0.310. The Kier molecular flexibility index (Phi) is 7.09. The highest BCUT2D eigenvalue weighted by atomic mass is 35.5. The number of nitrogens with one attached hydrogen (secondary N) is 2. The smallest absolute Gasteiger partial charge is 0.253 e. The molecule has 162 valence electrons. The van der Waals surface area contributed by atoms with Crippen LogP contribution in [0.4, 0.5) is 0 Å². The van der Waals surface area contributed by atoms with E-state index >= 15 is 0 Å². The van der Waals surface area contributed by atoms with Crippen LogP contribution in [0.25, 0.3) is 0 Å². The molecule has 0 radical (unpaired) electrons. The van der Waals surface area contributed by atoms with Gasteiger partial charge in [-0.2, -0.15) is 0 Å². The fourth-order valence-electron chi connectivity index (χ4n) is 3.44. The number of sulfonamides is 1. The topological polar surface area (TPSA) is 95.5 Å². The zero-order valence-electron chi connectivity index (χ0n) is 16.7. The van der Waals surface area contributed by atoms with Gasteiger partial charge in [0.25, 0.3) is 5.91 Å². The van der Waals surface area contributed by atoms with Crippen LogP contribution in [0.1, 0.15) is 47.8 Å². The number of halogens is 2. The number of carbonyl (C=O) groups is 1. The first kappa shape index (κ1) is 23.0. The Hall–Kier alpha value is -1.64. The Morgan fingerprint density at radius 2 is 1.90 bits per heavy atom. The van der Waals surface area contributed by atoms with Crippen molar-refractivity contribution in [3.05, 3.63) is 63.1 Å². The maximum atomic E-state index is 12.9. The van der Waals surface area contributed by atoms with Crippen LogP contribution in [0.15, 0.2) is 41.3 Å². The molecule has 0 fully saturated rings. The molecule has 0 bridgehead atoms. The monoisotopic (exact) mass is 470 g/mol. The van der Waals surface area contributed by atoms with Crippen LogP contribution < -0.4 is 10.0 Å². The van der Waals surface area contributed by atoms with E-state index in [2.05, 4.69) is 10.0 Å². The molecular formula is C21H24Cl2N2O4S. The van der Waals surface area contributed by atoms with E-state index in [1.54, 1.807) is 0 Å². The van der Waals surface area contributed by atoms with Crippen molar-refractivity contribution in [1.82, 2.24) is 10.0 Å². The summed E-state index contributed by atoms with van der Waals surface area (Å²) >= 11 is 12.3. The Morgan fingerprint density at radius 1 is 1.20 bits per heavy atom. The molecule has 1 aliphatic rings. The van der Waals surface area contributed by atoms with Gasteiger partial charge in [0.15, 0.2) is 0 Å². The zero-order valence-corrected chi connectivity index (χ0v) is 19.0. The van der Waals surface area contributed by atoms with Gasteiger partial charge >= 0.3 is 0 Å². The summed E-state index contributed by atoms with van der Waals surface area (Å²) in [5, 5.41) is 13.1. The lowest BCUT2D eigenvalue weighted by Gasteiger charge is -2.19. The van der Waals surface area contributed by atoms with Gasteiger partial charge in [0, 0.05) is 13.0 Å². The van der Waals surface area contributed by atoms with Crippen molar-refractivity contribution in [2.24, 2.45) is 5.92 Å². The minimum atomic E-state index is -3.92. The molecule has 2 aromatic rings. The van der Waals surface area contributed by atoms with Crippen molar-refractivity contribution < 1.29 is 18.3 Å². The lowest BCUT2D eigenvalue weighted by molar-refractivity contribution is 0.0858. The summed E-state index contributed by atoms with van der Waals surface area (Å²) in [6, 6.07) is 9.25. The van der Waals surface area contributed by atoms with E-state index in [1.165, 1.54) is 12.1 Å². The van der Waals surface area contributed by atoms with E-state index in [9.17, 15) is 18.3 Å². The Labute approximate surface area is 186 Å². The molecule has 0 saturated carbocycles. The Morgan fingerprint density at radius 3 is 2.60 bits per heavy atom. The quantitative estimate of drug-likeness (QED) is 0.574. The predicted molar refractivity (Wildman–Crippen MR) is 117 cm³/mol. The average Bonchev–Trinajstić information content (AvgIpc) is 2.96. The van der Waals surface area contributed by atoms with Gasteiger partial charge in [-0.1, -0.05) is 61.3 Å². The van der Waals surface area contributed by atoms with Gasteiger partial charge in [-0.3, -0.25) is 4.79 Å². The first-order valence-electron chi connectivity index (χ1n) is 9.65. The normalized spacial score (nSPS) is 18.5. The number of aliphatic hydroxyl groups excluding tert-OH is 1. The molecule has 0 saturated heterocycles. The maximum absolute atomic E-state index is 12.9. The van der Waals surface area contributed by atoms with Crippen LogP contribution in [0.5, 0.6) is 0 Å². The van der Waals surface area contributed by atoms with Crippen molar-refractivity contribution in [2.75, 3.05) is 6.54 Å². The van der Waals surface area contributed by atoms with Crippen molar-refractivity contribution >= 4 is 39.1 Å². The maximum Gasteiger partial charge on any atom is 0.253 e. The van der Waals surface area contributed by atoms with E-state index < -0.39 is 28.1 Å². The highest BCUT2D eigenvalue weighted by Crippen LogP contribution is 2.33. The number of hydrogen-bond acceptors (Lipinski definition) is 4. The summed E-state index contributed by atoms with van der Waals surface area (Å²) < 4.78 is 27.8. The molecule has 9 heteroatoms. The van der Waals surface area contributed by atoms with Crippen molar-refractivity contribution in [3.63, 3.8) is 0 Å². The second-order valence-corrected chi connectivity index (χ2v) is 10.3. The minimum Gasteiger partial charge on any atom is -0.390 e. The zero-order chi connectivity index (χ0) is 22.1. The highest BCUT2D eigenvalue weighted by Gasteiger charge is 2.33. The molecular weight excluding hydrogens is 447 g/mol. The van der Waals surface area contributed by atoms with Gasteiger partial charge in [-0.15, -0.1) is 0 Å². The third kappa shape index (κ3) is 4.98. The fourth-order valence-corrected chi connectivity index (χ4v) is 5.34. The molecule has 3 N–H and O–H groups in total. The number of rotatable bonds is 7. The first-order valence-corrected chi connectivity index (χ1v) is 11.9. The van der Waals surface area contributed by atoms with Gasteiger partial charge in [-0.25, -0.2) is 13.1 Å². The summed E-state index contributed by atoms with van der Waals surface area (Å²) in [5.74, 6) is -0.258. The van der Waals surface area contributed by atoms with E-state index in [1.807, 2.05) is 38.1 Å². The van der Waals surface area contributed by atoms with E-state index in [0.29, 0.717) is 18.8 Å². The summed E-state index contributed by atoms with van der Waals surface area (Å²) in [5.41, 5.74) is 1.75. The number of hydrogen-bond donors (Lipinski definition) is 3. The van der Waals surface area contributed by atoms with Crippen LogP contribution in [0.3, 0.4) is 0 Å². The van der Waals surface area contributed by atoms with Crippen LogP contribution in [-0.2, 0) is 16.4 Å². The number of amides is 1. The molecule has 0 heterocycles. The molecule has 2 atom stereocenters. The largest absolute Gasteiger partial charge is 0.390 e. The number of benzene rings is 2. The summed E-state index contributed by atoms with van der Waals surface area (Å²) in [4.78, 5) is 12.7. The lowest BCUT2D eigenvalue weighted by Crippen LogP contribution is -2.34. The van der Waals surface area contributed by atoms with E-state index in [-0.39, 0.29) is 27.0 Å². The molecule has 0 aliphatic heterocycles. The Bertz CT molecular complexity index is 1060. The van der Waals surface area contributed by atoms with Gasteiger partial charge in [-0.05, 0) is 35.6 Å². The van der Waals surface area contributed by atoms with Crippen molar-refractivity contribution in [1.29, 1.82) is 0 Å². The van der Waals surface area contributed by atoms with Gasteiger partial charge in [0.2, 0.25) is 10.0 Å². The third-order valence-electron chi connectivity index (χ3n) is 5.06. The second kappa shape index (κ2) is 9.24. The molecule has 1 aliphatic carbocycles. The van der Waals surface area contributed by atoms with Crippen LogP contribution in [0.2, 0.25) is 10.0 Å². The summed E-state index contributed by atoms with van der Waals surface area (Å²) in [6.45, 7) is 4.23. The second-order valence-electron chi connectivity index (χ2n) is 7.76. The average molecular weight is 471 g/mol. The fraction of sp³-hybridized carbons (Fsp3) is 0.381. The molecule has 30 heavy (non-hydrogen) atoms. The highest BCUT2D eigenvalue weighted by molar-refractivity contribution is 7.89. The van der Waals surface area contributed by atoms with Crippen molar-refractivity contribution in [3.8, 4) is 0 Å². The number of carbonyl (C=O) groups excluding carboxylic acids is 1. The van der Waals surface area contributed by atoms with Crippen LogP contribution in [-0.4, -0.2) is 32.1 Å². The first-order chi connectivity index (χ1) is 14.1. The summed E-state index contributed by atoms with van der Waals surface area (Å²) in [7, 11) is -3.92. The molecule has 3 rings (SSSR count). The van der Waals surface area contributed by atoms with Crippen molar-refractivity contribution in [2.45, 2.75) is 43.7 Å². The van der Waals surface area contributed by atoms with Gasteiger partial charge in [0.05, 0.1) is 27.8 Å². The molecule has 0 spiro atoms.